The van der Waals surface area contributed by atoms with E-state index in [4.69, 9.17) is 37.0 Å². The molecule has 0 aromatic carbocycles. The Morgan fingerprint density at radius 1 is 0.326 bits per heavy atom. The van der Waals surface area contributed by atoms with Gasteiger partial charge in [-0.25, -0.2) is 9.13 Å². The summed E-state index contributed by atoms with van der Waals surface area (Å²) in [6.07, 6.45) is 44.3. The molecule has 17 nitrogen and oxygen atoms in total. The van der Waals surface area contributed by atoms with Gasteiger partial charge in [0.25, 0.3) is 0 Å². The number of phosphoric acid groups is 2. The van der Waals surface area contributed by atoms with E-state index in [1.807, 2.05) is 0 Å². The largest absolute Gasteiger partial charge is 0.472 e. The summed E-state index contributed by atoms with van der Waals surface area (Å²) in [6, 6.07) is 0. The van der Waals surface area contributed by atoms with Crippen molar-refractivity contribution in [1.29, 1.82) is 0 Å². The molecule has 0 rings (SSSR count). The summed E-state index contributed by atoms with van der Waals surface area (Å²) in [5.74, 6) is 0.187. The van der Waals surface area contributed by atoms with Gasteiger partial charge in [0.05, 0.1) is 26.4 Å². The molecule has 0 radical (unpaired) electrons. The van der Waals surface area contributed by atoms with Gasteiger partial charge in [0.15, 0.2) is 12.2 Å². The molecule has 0 bridgehead atoms. The van der Waals surface area contributed by atoms with Gasteiger partial charge in [-0.15, -0.1) is 0 Å². The van der Waals surface area contributed by atoms with E-state index < -0.39 is 97.5 Å². The number of carbonyl (C=O) groups is 4. The van der Waals surface area contributed by atoms with Crippen LogP contribution in [0.5, 0.6) is 0 Å². The van der Waals surface area contributed by atoms with Crippen LogP contribution < -0.4 is 0 Å². The van der Waals surface area contributed by atoms with Gasteiger partial charge in [-0.3, -0.25) is 37.3 Å². The smallest absolute Gasteiger partial charge is 0.462 e. The quantitative estimate of drug-likeness (QED) is 0.0222. The first-order valence-electron chi connectivity index (χ1n) is 36.4. The van der Waals surface area contributed by atoms with Crippen molar-refractivity contribution in [3.05, 3.63) is 0 Å². The third-order valence-corrected chi connectivity index (χ3v) is 18.4. The lowest BCUT2D eigenvalue weighted by molar-refractivity contribution is -0.161. The number of ether oxygens (including phenoxy) is 4. The molecule has 19 heteroatoms. The molecule has 0 heterocycles. The molecule has 0 aromatic rings. The van der Waals surface area contributed by atoms with Crippen molar-refractivity contribution in [3.8, 4) is 0 Å². The lowest BCUT2D eigenvalue weighted by Crippen LogP contribution is -2.30. The van der Waals surface area contributed by atoms with Crippen LogP contribution in [0.2, 0.25) is 0 Å². The summed E-state index contributed by atoms with van der Waals surface area (Å²) >= 11 is 0. The Kier molecular flexibility index (Phi) is 59.6. The van der Waals surface area contributed by atoms with E-state index >= 15 is 0 Å². The first kappa shape index (κ1) is 87.1. The Bertz CT molecular complexity index is 1750. The Balaban J connectivity index is 5.26. The second kappa shape index (κ2) is 61.0. The maximum absolute atomic E-state index is 13.0. The molecule has 0 fully saturated rings. The minimum Gasteiger partial charge on any atom is -0.462 e. The third kappa shape index (κ3) is 63.2. The first-order chi connectivity index (χ1) is 42.8. The average Bonchev–Trinajstić information content (AvgIpc) is 3.71. The zero-order chi connectivity index (χ0) is 65.9. The van der Waals surface area contributed by atoms with Gasteiger partial charge in [0.2, 0.25) is 0 Å². The zero-order valence-corrected chi connectivity index (χ0v) is 59.7. The highest BCUT2D eigenvalue weighted by atomic mass is 31.2. The SMILES string of the molecule is CCCCCCCCCCCC(=O)OC[C@H](COP(=O)(O)OC[C@H](O)COP(=O)(O)OC[C@@H](COC(=O)CCCCCCCCCCCCC(C)C)OC(=O)CCCCCCCCCCCCC(C)CC)OC(=O)CCCCCCCCCCCCC(C)C. The van der Waals surface area contributed by atoms with Gasteiger partial charge in [-0.05, 0) is 43.4 Å². The van der Waals surface area contributed by atoms with Gasteiger partial charge in [0.1, 0.15) is 19.3 Å². The number of aliphatic hydroxyl groups excluding tert-OH is 1. The summed E-state index contributed by atoms with van der Waals surface area (Å²) in [4.78, 5) is 72.5. The van der Waals surface area contributed by atoms with Crippen molar-refractivity contribution in [2.75, 3.05) is 39.6 Å². The third-order valence-electron chi connectivity index (χ3n) is 16.5. The summed E-state index contributed by atoms with van der Waals surface area (Å²) in [7, 11) is -9.90. The Labute approximate surface area is 543 Å². The molecule has 0 aliphatic heterocycles. The molecule has 0 aromatic heterocycles. The first-order valence-corrected chi connectivity index (χ1v) is 39.4. The van der Waals surface area contributed by atoms with Crippen molar-refractivity contribution in [1.82, 2.24) is 0 Å². The number of aliphatic hydroxyl groups is 1. The van der Waals surface area contributed by atoms with Gasteiger partial charge in [-0.1, -0.05) is 299 Å². The fourth-order valence-electron chi connectivity index (χ4n) is 10.5. The Hall–Kier alpha value is -1.94. The summed E-state index contributed by atoms with van der Waals surface area (Å²) in [5.41, 5.74) is 0. The maximum Gasteiger partial charge on any atom is 0.472 e. The van der Waals surface area contributed by atoms with E-state index in [0.29, 0.717) is 25.7 Å². The minimum atomic E-state index is -4.95. The van der Waals surface area contributed by atoms with Crippen LogP contribution in [0, 0.1) is 17.8 Å². The second-order valence-electron chi connectivity index (χ2n) is 26.5. The number of hydrogen-bond acceptors (Lipinski definition) is 15. The molecule has 6 atom stereocenters. The standard InChI is InChI=1S/C70H136O17P2/c1-8-10-11-12-13-20-30-37-44-51-67(72)80-57-65(86-69(74)53-46-39-32-25-18-15-22-28-35-42-49-62(5)6)59-84-88(76,77)82-55-64(71)56-83-89(78,79)85-60-66(58-81-68(73)52-45-38-31-24-17-14-21-27-34-41-48-61(3)4)87-70(75)54-47-40-33-26-19-16-23-29-36-43-50-63(7)9-2/h61-66,71H,8-60H2,1-7H3,(H,76,77)(H,78,79)/t63?,64-,65+,66+/m0/s1. The number of esters is 4. The lowest BCUT2D eigenvalue weighted by atomic mass is 9.99. The van der Waals surface area contributed by atoms with Crippen molar-refractivity contribution in [2.45, 2.75) is 369 Å². The van der Waals surface area contributed by atoms with Crippen LogP contribution in [-0.4, -0.2) is 96.7 Å². The summed E-state index contributed by atoms with van der Waals surface area (Å²) in [6.45, 7) is 11.8. The average molecular weight is 1310 g/mol. The monoisotopic (exact) mass is 1310 g/mol. The number of carbonyl (C=O) groups excluding carboxylic acids is 4. The lowest BCUT2D eigenvalue weighted by Gasteiger charge is -2.21. The van der Waals surface area contributed by atoms with Gasteiger partial charge in [-0.2, -0.15) is 0 Å². The molecular formula is C70H136O17P2. The predicted molar refractivity (Wildman–Crippen MR) is 358 cm³/mol. The van der Waals surface area contributed by atoms with E-state index in [1.165, 1.54) is 161 Å². The van der Waals surface area contributed by atoms with Crippen LogP contribution in [0.4, 0.5) is 0 Å². The molecular weight excluding hydrogens is 1170 g/mol. The zero-order valence-electron chi connectivity index (χ0n) is 57.9. The molecule has 0 aliphatic carbocycles. The van der Waals surface area contributed by atoms with Crippen LogP contribution >= 0.6 is 15.6 Å². The second-order valence-corrected chi connectivity index (χ2v) is 29.4. The van der Waals surface area contributed by atoms with Crippen molar-refractivity contribution >= 4 is 39.5 Å². The summed E-state index contributed by atoms with van der Waals surface area (Å²) < 4.78 is 68.3. The highest BCUT2D eigenvalue weighted by molar-refractivity contribution is 7.47. The van der Waals surface area contributed by atoms with Crippen LogP contribution in [-0.2, 0) is 65.4 Å². The minimum absolute atomic E-state index is 0.106. The van der Waals surface area contributed by atoms with Crippen molar-refractivity contribution in [2.24, 2.45) is 17.8 Å². The number of unbranched alkanes of at least 4 members (excludes halogenated alkanes) is 35. The summed E-state index contributed by atoms with van der Waals surface area (Å²) in [5, 5.41) is 10.6. The molecule has 3 unspecified atom stereocenters. The Morgan fingerprint density at radius 2 is 0.573 bits per heavy atom. The highest BCUT2D eigenvalue weighted by Gasteiger charge is 2.30. The Morgan fingerprint density at radius 3 is 0.854 bits per heavy atom. The molecule has 0 spiro atoms. The topological polar surface area (TPSA) is 237 Å². The van der Waals surface area contributed by atoms with Crippen LogP contribution in [0.1, 0.15) is 350 Å². The number of phosphoric ester groups is 2. The fraction of sp³-hybridized carbons (Fsp3) is 0.943. The maximum atomic E-state index is 13.0. The van der Waals surface area contributed by atoms with Crippen molar-refractivity contribution < 1.29 is 80.2 Å². The van der Waals surface area contributed by atoms with Gasteiger partial charge in [0, 0.05) is 25.7 Å². The predicted octanol–water partition coefficient (Wildman–Crippen LogP) is 19.8. The molecule has 89 heavy (non-hydrogen) atoms. The van der Waals surface area contributed by atoms with Gasteiger partial charge < -0.3 is 33.8 Å². The molecule has 528 valence electrons. The van der Waals surface area contributed by atoms with E-state index in [0.717, 1.165) is 108 Å². The van der Waals surface area contributed by atoms with E-state index in [-0.39, 0.29) is 25.7 Å². The van der Waals surface area contributed by atoms with Crippen LogP contribution in [0.3, 0.4) is 0 Å². The van der Waals surface area contributed by atoms with E-state index in [9.17, 15) is 43.2 Å². The molecule has 0 aliphatic rings. The molecule has 3 N–H and O–H groups in total. The molecule has 0 saturated heterocycles. The molecule has 0 saturated carbocycles. The van der Waals surface area contributed by atoms with Gasteiger partial charge >= 0.3 is 39.5 Å². The van der Waals surface area contributed by atoms with E-state index in [2.05, 4.69) is 48.5 Å². The van der Waals surface area contributed by atoms with E-state index in [1.54, 1.807) is 0 Å². The normalized spacial score (nSPS) is 14.5. The number of rotatable bonds is 68. The highest BCUT2D eigenvalue weighted by Crippen LogP contribution is 2.45. The van der Waals surface area contributed by atoms with Crippen molar-refractivity contribution in [3.63, 3.8) is 0 Å². The fourth-order valence-corrected chi connectivity index (χ4v) is 12.1. The van der Waals surface area contributed by atoms with Crippen LogP contribution in [0.15, 0.2) is 0 Å². The molecule has 0 amide bonds. The number of hydrogen-bond donors (Lipinski definition) is 3. The van der Waals surface area contributed by atoms with Crippen LogP contribution in [0.25, 0.3) is 0 Å².